The van der Waals surface area contributed by atoms with Crippen molar-refractivity contribution in [3.05, 3.63) is 44.5 Å². The first kappa shape index (κ1) is 15.3. The molecule has 24 heavy (non-hydrogen) atoms. The van der Waals surface area contributed by atoms with E-state index in [0.717, 1.165) is 36.3 Å². The van der Waals surface area contributed by atoms with Gasteiger partial charge in [0.25, 0.3) is 0 Å². The van der Waals surface area contributed by atoms with Gasteiger partial charge in [0.1, 0.15) is 12.2 Å². The van der Waals surface area contributed by atoms with Crippen LogP contribution in [0.1, 0.15) is 17.8 Å². The maximum absolute atomic E-state index is 12.3. The van der Waals surface area contributed by atoms with Crippen LogP contribution in [0.4, 0.5) is 0 Å². The van der Waals surface area contributed by atoms with Gasteiger partial charge >= 0.3 is 11.1 Å². The molecule has 2 aliphatic heterocycles. The van der Waals surface area contributed by atoms with Crippen LogP contribution in [0.15, 0.2) is 22.0 Å². The van der Waals surface area contributed by atoms with Gasteiger partial charge in [0.05, 0.1) is 12.7 Å². The van der Waals surface area contributed by atoms with Gasteiger partial charge in [-0.1, -0.05) is 0 Å². The second kappa shape index (κ2) is 5.38. The van der Waals surface area contributed by atoms with Gasteiger partial charge in [0.2, 0.25) is 0 Å². The van der Waals surface area contributed by atoms with Crippen LogP contribution in [0.25, 0.3) is 0 Å². The van der Waals surface area contributed by atoms with Crippen molar-refractivity contribution in [3.8, 4) is 0 Å². The van der Waals surface area contributed by atoms with Crippen molar-refractivity contribution in [1.29, 1.82) is 0 Å². The summed E-state index contributed by atoms with van der Waals surface area (Å²) >= 11 is 0. The zero-order valence-corrected chi connectivity index (χ0v) is 13.8. The highest BCUT2D eigenvalue weighted by Crippen LogP contribution is 2.31. The van der Waals surface area contributed by atoms with Crippen molar-refractivity contribution in [2.24, 2.45) is 14.1 Å². The lowest BCUT2D eigenvalue weighted by Crippen LogP contribution is -2.52. The average molecular weight is 332 g/mol. The summed E-state index contributed by atoms with van der Waals surface area (Å²) in [7, 11) is 3.39. The molecule has 0 unspecified atom stereocenters. The van der Waals surface area contributed by atoms with Crippen molar-refractivity contribution in [2.75, 3.05) is 13.1 Å². The van der Waals surface area contributed by atoms with Gasteiger partial charge < -0.3 is 4.74 Å². The van der Waals surface area contributed by atoms with Gasteiger partial charge in [-0.15, -0.1) is 0 Å². The van der Waals surface area contributed by atoms with Gasteiger partial charge in [0, 0.05) is 45.5 Å². The first-order chi connectivity index (χ1) is 11.5. The molecule has 1 spiro atoms. The number of hydrogen-bond acceptors (Lipinski definition) is 6. The quantitative estimate of drug-likeness (QED) is 0.646. The van der Waals surface area contributed by atoms with Crippen molar-refractivity contribution >= 4 is 0 Å². The topological polar surface area (TPSA) is 87.2 Å². The molecule has 9 heteroatoms. The van der Waals surface area contributed by atoms with Crippen LogP contribution in [0.5, 0.6) is 0 Å². The number of hydrogen-bond donors (Lipinski definition) is 0. The zero-order chi connectivity index (χ0) is 16.9. The number of aromatic nitrogens is 5. The number of fused-ring (bicyclic) bond motifs is 1. The van der Waals surface area contributed by atoms with Crippen molar-refractivity contribution in [1.82, 2.24) is 29.0 Å². The molecule has 0 amide bonds. The van der Waals surface area contributed by atoms with Gasteiger partial charge in [-0.3, -0.25) is 23.7 Å². The molecular weight excluding hydrogens is 312 g/mol. The van der Waals surface area contributed by atoms with Gasteiger partial charge in [-0.05, 0) is 6.42 Å². The largest absolute Gasteiger partial charge is 0.364 e. The van der Waals surface area contributed by atoms with Gasteiger partial charge in [-0.25, -0.2) is 4.68 Å². The minimum atomic E-state index is -0.596. The van der Waals surface area contributed by atoms with Crippen LogP contribution in [-0.4, -0.2) is 47.7 Å². The van der Waals surface area contributed by atoms with Crippen LogP contribution in [0.3, 0.4) is 0 Å². The fourth-order valence-corrected chi connectivity index (χ4v) is 3.59. The van der Waals surface area contributed by atoms with E-state index in [2.05, 4.69) is 15.1 Å². The molecule has 2 aromatic heterocycles. The molecule has 0 radical (unpaired) electrons. The molecule has 1 fully saturated rings. The third-order valence-corrected chi connectivity index (χ3v) is 4.81. The van der Waals surface area contributed by atoms with E-state index in [-0.39, 0.29) is 6.61 Å². The third-order valence-electron chi connectivity index (χ3n) is 4.81. The normalized spacial score (nSPS) is 23.8. The lowest BCUT2D eigenvalue weighted by Gasteiger charge is -2.35. The summed E-state index contributed by atoms with van der Waals surface area (Å²) in [6, 6.07) is 0. The van der Waals surface area contributed by atoms with Crippen LogP contribution in [0, 0.1) is 0 Å². The van der Waals surface area contributed by atoms with E-state index in [1.807, 2.05) is 19.4 Å². The van der Waals surface area contributed by atoms with Crippen molar-refractivity contribution in [2.45, 2.75) is 31.7 Å². The fraction of sp³-hybridized carbons (Fsp3) is 0.600. The Morgan fingerprint density at radius 1 is 1.25 bits per heavy atom. The molecule has 1 atom stereocenters. The third kappa shape index (κ3) is 2.49. The van der Waals surface area contributed by atoms with Crippen LogP contribution < -0.4 is 11.1 Å². The summed E-state index contributed by atoms with van der Waals surface area (Å²) in [5.74, 6) is 0.512. The zero-order valence-electron chi connectivity index (χ0n) is 13.8. The summed E-state index contributed by atoms with van der Waals surface area (Å²) in [6.07, 6.45) is 4.69. The minimum absolute atomic E-state index is 0.254. The van der Waals surface area contributed by atoms with E-state index in [9.17, 15) is 9.59 Å². The summed E-state index contributed by atoms with van der Waals surface area (Å²) in [5, 5.41) is 8.33. The van der Waals surface area contributed by atoms with Crippen molar-refractivity contribution < 1.29 is 4.74 Å². The Morgan fingerprint density at radius 2 is 2.08 bits per heavy atom. The molecular formula is C15H20N6O3. The van der Waals surface area contributed by atoms with Crippen LogP contribution >= 0.6 is 0 Å². The number of ether oxygens (including phenoxy) is 1. The van der Waals surface area contributed by atoms with Gasteiger partial charge in [-0.2, -0.15) is 10.2 Å². The fourth-order valence-electron chi connectivity index (χ4n) is 3.59. The molecule has 2 aliphatic rings. The molecule has 1 saturated heterocycles. The van der Waals surface area contributed by atoms with Crippen LogP contribution in [-0.2, 0) is 38.5 Å². The Morgan fingerprint density at radius 3 is 2.83 bits per heavy atom. The highest BCUT2D eigenvalue weighted by molar-refractivity contribution is 5.06. The number of aryl methyl sites for hydroxylation is 2. The first-order valence-corrected chi connectivity index (χ1v) is 7.97. The molecule has 0 saturated carbocycles. The van der Waals surface area contributed by atoms with E-state index < -0.39 is 16.7 Å². The lowest BCUT2D eigenvalue weighted by atomic mass is 10.0. The van der Waals surface area contributed by atoms with E-state index in [1.165, 1.54) is 11.6 Å². The molecule has 2 aromatic rings. The van der Waals surface area contributed by atoms with E-state index in [4.69, 9.17) is 4.74 Å². The highest BCUT2D eigenvalue weighted by atomic mass is 16.5. The predicted molar refractivity (Wildman–Crippen MR) is 84.4 cm³/mol. The molecule has 0 N–H and O–H groups in total. The summed E-state index contributed by atoms with van der Waals surface area (Å²) in [4.78, 5) is 26.4. The molecule has 128 valence electrons. The molecule has 4 rings (SSSR count). The number of nitrogens with zero attached hydrogens (tertiary/aromatic N) is 6. The maximum Gasteiger partial charge on any atom is 0.332 e. The lowest BCUT2D eigenvalue weighted by molar-refractivity contribution is -0.0858. The summed E-state index contributed by atoms with van der Waals surface area (Å²) in [6.45, 7) is 3.05. The minimum Gasteiger partial charge on any atom is -0.364 e. The molecule has 0 bridgehead atoms. The van der Waals surface area contributed by atoms with Crippen LogP contribution in [0.2, 0.25) is 0 Å². The second-order valence-corrected chi connectivity index (χ2v) is 6.69. The highest BCUT2D eigenvalue weighted by Gasteiger charge is 2.43. The Bertz CT molecular complexity index is 897. The molecule has 4 heterocycles. The molecule has 0 aliphatic carbocycles. The standard InChI is InChI=1S/C15H20N6O3/c1-18-6-11(5-16-18)7-20-4-3-15(9-20)10-21-12(8-24-15)17-19(2)13(22)14(21)23/h5-6H,3-4,7-10H2,1-2H3/t15-/m0/s1. The van der Waals surface area contributed by atoms with E-state index in [1.54, 1.807) is 4.68 Å². The Balaban J connectivity index is 1.55. The number of likely N-dealkylation sites (tertiary alicyclic amines) is 1. The molecule has 0 aromatic carbocycles. The predicted octanol–water partition coefficient (Wildman–Crippen LogP) is -1.15. The van der Waals surface area contributed by atoms with E-state index >= 15 is 0 Å². The molecule has 9 nitrogen and oxygen atoms in total. The van der Waals surface area contributed by atoms with E-state index in [0.29, 0.717) is 12.4 Å². The summed E-state index contributed by atoms with van der Waals surface area (Å²) < 4.78 is 10.4. The second-order valence-electron chi connectivity index (χ2n) is 6.69. The Labute approximate surface area is 138 Å². The first-order valence-electron chi connectivity index (χ1n) is 7.97. The van der Waals surface area contributed by atoms with Gasteiger partial charge in [0.15, 0.2) is 5.82 Å². The average Bonchev–Trinajstić information content (AvgIpc) is 3.13. The number of rotatable bonds is 2. The Kier molecular flexibility index (Phi) is 3.43. The smallest absolute Gasteiger partial charge is 0.332 e. The monoisotopic (exact) mass is 332 g/mol. The maximum atomic E-state index is 12.3. The van der Waals surface area contributed by atoms with Crippen molar-refractivity contribution in [3.63, 3.8) is 0 Å². The summed E-state index contributed by atoms with van der Waals surface area (Å²) in [5.41, 5.74) is -0.386. The Hall–Kier alpha value is -2.26. The SMILES string of the molecule is Cn1cc(CN2CC[C@]3(C2)Cn2c(nn(C)c(=O)c2=O)CO3)cn1.